The average Bonchev–Trinajstić information content (AvgIpc) is 3.90. The molecule has 0 saturated heterocycles. The zero-order chi connectivity index (χ0) is 42.6. The van der Waals surface area contributed by atoms with Gasteiger partial charge in [0.05, 0.1) is 21.3 Å². The highest BCUT2D eigenvalue weighted by Crippen LogP contribution is 2.63. The van der Waals surface area contributed by atoms with Gasteiger partial charge in [-0.3, -0.25) is 0 Å². The molecule has 0 radical (unpaired) electrons. The van der Waals surface area contributed by atoms with Crippen molar-refractivity contribution in [2.45, 2.75) is 5.41 Å². The van der Waals surface area contributed by atoms with E-state index in [1.165, 1.54) is 65.4 Å². The predicted octanol–water partition coefficient (Wildman–Crippen LogP) is 16.3. The van der Waals surface area contributed by atoms with E-state index in [0.29, 0.717) is 0 Å². The van der Waals surface area contributed by atoms with E-state index in [-0.39, 0.29) is 0 Å². The van der Waals surface area contributed by atoms with Gasteiger partial charge in [-0.1, -0.05) is 188 Å². The number of nitrogens with zero attached hydrogens (tertiary/aromatic N) is 2. The molecule has 0 amide bonds. The molecule has 0 fully saturated rings. The zero-order valence-electron chi connectivity index (χ0n) is 35.0. The highest BCUT2D eigenvalue weighted by atomic mass is 32.1. The number of thiophene rings is 1. The van der Waals surface area contributed by atoms with E-state index in [1.54, 1.807) is 11.3 Å². The Morgan fingerprint density at radius 3 is 1.77 bits per heavy atom. The summed E-state index contributed by atoms with van der Waals surface area (Å²) in [6.45, 7) is 0. The molecule has 1 aliphatic heterocycles. The average molecular weight is 845 g/mol. The third-order valence-electron chi connectivity index (χ3n) is 13.8. The van der Waals surface area contributed by atoms with E-state index in [2.05, 4.69) is 218 Å². The summed E-state index contributed by atoms with van der Waals surface area (Å²) in [6, 6.07) is 79.1. The van der Waals surface area contributed by atoms with E-state index in [9.17, 15) is 0 Å². The van der Waals surface area contributed by atoms with Crippen molar-refractivity contribution in [3.05, 3.63) is 241 Å². The van der Waals surface area contributed by atoms with Gasteiger partial charge in [-0.2, -0.15) is 0 Å². The molecule has 3 nitrogen and oxygen atoms in total. The molecule has 0 N–H and O–H groups in total. The topological polar surface area (TPSA) is 35.0 Å². The summed E-state index contributed by atoms with van der Waals surface area (Å²) in [4.78, 5) is 10.7. The fourth-order valence-corrected chi connectivity index (χ4v) is 12.0. The van der Waals surface area contributed by atoms with Crippen molar-refractivity contribution in [1.29, 1.82) is 0 Å². The van der Waals surface area contributed by atoms with Crippen LogP contribution in [0.25, 0.3) is 97.9 Å². The van der Waals surface area contributed by atoms with Crippen LogP contribution in [0, 0.1) is 0 Å². The van der Waals surface area contributed by atoms with Crippen molar-refractivity contribution >= 4 is 53.2 Å². The monoisotopic (exact) mass is 844 g/mol. The van der Waals surface area contributed by atoms with Crippen LogP contribution in [-0.2, 0) is 5.41 Å². The number of para-hydroxylation sites is 2. The summed E-state index contributed by atoms with van der Waals surface area (Å²) < 4.78 is 8.97. The largest absolute Gasteiger partial charge is 0.457 e. The van der Waals surface area contributed by atoms with E-state index in [4.69, 9.17) is 14.7 Å². The minimum Gasteiger partial charge on any atom is -0.457 e. The summed E-state index contributed by atoms with van der Waals surface area (Å²) in [5.41, 5.74) is 15.6. The Labute approximate surface area is 379 Å². The molecule has 2 aliphatic rings. The second kappa shape index (κ2) is 13.9. The van der Waals surface area contributed by atoms with E-state index in [1.807, 2.05) is 0 Å². The van der Waals surface area contributed by atoms with Crippen molar-refractivity contribution in [3.63, 3.8) is 0 Å². The molecule has 4 heteroatoms. The maximum Gasteiger partial charge on any atom is 0.161 e. The third kappa shape index (κ3) is 5.29. The van der Waals surface area contributed by atoms with Gasteiger partial charge < -0.3 is 4.74 Å². The first kappa shape index (κ1) is 36.3. The SMILES string of the molecule is c1cc(-c2ccc(-c3ccc4c(c3)C3(c5ccccc5Oc5ccccc53)c3ccc5ccccc5c3-4)cc2)cc(-c2nc(-c3cccc4ccccc34)nc3c2sc2ccccc23)c1. The van der Waals surface area contributed by atoms with Crippen LogP contribution in [0.2, 0.25) is 0 Å². The zero-order valence-corrected chi connectivity index (χ0v) is 35.8. The molecule has 65 heavy (non-hydrogen) atoms. The summed E-state index contributed by atoms with van der Waals surface area (Å²) >= 11 is 1.77. The molecular weight excluding hydrogens is 809 g/mol. The van der Waals surface area contributed by atoms with E-state index >= 15 is 0 Å². The molecule has 0 bridgehead atoms. The molecule has 14 rings (SSSR count). The Morgan fingerprint density at radius 2 is 0.985 bits per heavy atom. The minimum atomic E-state index is -0.551. The molecular formula is C61H36N2OS. The molecule has 1 spiro atoms. The van der Waals surface area contributed by atoms with Crippen LogP contribution in [0.4, 0.5) is 0 Å². The summed E-state index contributed by atoms with van der Waals surface area (Å²) in [7, 11) is 0. The van der Waals surface area contributed by atoms with Gasteiger partial charge >= 0.3 is 0 Å². The molecule has 0 saturated carbocycles. The molecule has 302 valence electrons. The maximum absolute atomic E-state index is 6.66. The summed E-state index contributed by atoms with van der Waals surface area (Å²) in [5, 5.41) is 5.98. The Kier molecular flexibility index (Phi) is 7.77. The number of hydrogen-bond donors (Lipinski definition) is 0. The van der Waals surface area contributed by atoms with Crippen LogP contribution in [0.1, 0.15) is 22.3 Å². The normalized spacial score (nSPS) is 13.2. The molecule has 0 atom stereocenters. The van der Waals surface area contributed by atoms with Crippen LogP contribution in [0.5, 0.6) is 11.5 Å². The molecule has 0 unspecified atom stereocenters. The van der Waals surface area contributed by atoms with Crippen molar-refractivity contribution in [3.8, 4) is 67.5 Å². The molecule has 3 heterocycles. The summed E-state index contributed by atoms with van der Waals surface area (Å²) in [5.74, 6) is 2.53. The predicted molar refractivity (Wildman–Crippen MR) is 269 cm³/mol. The Bertz CT molecular complexity index is 3890. The lowest BCUT2D eigenvalue weighted by Gasteiger charge is -2.39. The van der Waals surface area contributed by atoms with Gasteiger partial charge in [-0.05, 0) is 96.4 Å². The second-order valence-corrected chi connectivity index (χ2v) is 18.2. The fourth-order valence-electron chi connectivity index (χ4n) is 10.9. The third-order valence-corrected chi connectivity index (χ3v) is 14.9. The van der Waals surface area contributed by atoms with Gasteiger partial charge in [0.25, 0.3) is 0 Å². The first-order valence-electron chi connectivity index (χ1n) is 22.1. The molecule has 12 aromatic rings. The van der Waals surface area contributed by atoms with E-state index in [0.717, 1.165) is 66.3 Å². The van der Waals surface area contributed by atoms with E-state index < -0.39 is 5.41 Å². The van der Waals surface area contributed by atoms with Gasteiger partial charge in [0.15, 0.2) is 5.82 Å². The highest BCUT2D eigenvalue weighted by Gasteiger charge is 2.51. The van der Waals surface area contributed by atoms with Gasteiger partial charge in [-0.25, -0.2) is 9.97 Å². The van der Waals surface area contributed by atoms with Crippen LogP contribution in [-0.4, -0.2) is 9.97 Å². The van der Waals surface area contributed by atoms with Crippen LogP contribution >= 0.6 is 11.3 Å². The van der Waals surface area contributed by atoms with Crippen molar-refractivity contribution in [2.24, 2.45) is 0 Å². The second-order valence-electron chi connectivity index (χ2n) is 17.2. The summed E-state index contributed by atoms with van der Waals surface area (Å²) in [6.07, 6.45) is 0. The number of fused-ring (bicyclic) bond motifs is 15. The fraction of sp³-hybridized carbons (Fsp3) is 0.0164. The lowest BCUT2D eigenvalue weighted by atomic mass is 9.66. The van der Waals surface area contributed by atoms with Crippen molar-refractivity contribution in [2.75, 3.05) is 0 Å². The van der Waals surface area contributed by atoms with Crippen LogP contribution in [0.15, 0.2) is 218 Å². The molecule has 1 aliphatic carbocycles. The minimum absolute atomic E-state index is 0.551. The van der Waals surface area contributed by atoms with Gasteiger partial charge in [-0.15, -0.1) is 11.3 Å². The Morgan fingerprint density at radius 1 is 0.385 bits per heavy atom. The van der Waals surface area contributed by atoms with Gasteiger partial charge in [0, 0.05) is 32.3 Å². The highest BCUT2D eigenvalue weighted by molar-refractivity contribution is 7.26. The number of rotatable bonds is 4. The van der Waals surface area contributed by atoms with Crippen molar-refractivity contribution in [1.82, 2.24) is 9.97 Å². The number of aromatic nitrogens is 2. The first-order valence-corrected chi connectivity index (χ1v) is 22.9. The number of ether oxygens (including phenoxy) is 1. The number of hydrogen-bond acceptors (Lipinski definition) is 4. The maximum atomic E-state index is 6.66. The van der Waals surface area contributed by atoms with Crippen LogP contribution in [0.3, 0.4) is 0 Å². The lowest BCUT2D eigenvalue weighted by Crippen LogP contribution is -2.32. The van der Waals surface area contributed by atoms with Gasteiger partial charge in [0.1, 0.15) is 11.5 Å². The Balaban J connectivity index is 0.898. The van der Waals surface area contributed by atoms with Gasteiger partial charge in [0.2, 0.25) is 0 Å². The van der Waals surface area contributed by atoms with Crippen LogP contribution < -0.4 is 4.74 Å². The Hall–Kier alpha value is -8.18. The molecule has 10 aromatic carbocycles. The smallest absolute Gasteiger partial charge is 0.161 e. The van der Waals surface area contributed by atoms with Crippen molar-refractivity contribution < 1.29 is 4.74 Å². The molecule has 2 aromatic heterocycles. The lowest BCUT2D eigenvalue weighted by molar-refractivity contribution is 0.436. The standard InChI is InChI=1S/C61H36N2OS/c1-3-18-44-39(13-1)15-12-21-46(44)60-62-57(59-58(63-60)48-20-5-10-26-55(48)65-59)43-17-11-16-41(35-43)37-27-29-38(30-28-37)42-31-33-47-52(36-42)61(51-34-32-40-14-2-4-19-45(40)56(47)51)49-22-6-8-24-53(49)64-54-25-9-7-23-50(54)61/h1-36H. The first-order chi connectivity index (χ1) is 32.2. The number of benzene rings is 10. The quantitative estimate of drug-likeness (QED) is 0.177.